The van der Waals surface area contributed by atoms with Crippen molar-refractivity contribution >= 4 is 21.6 Å². The summed E-state index contributed by atoms with van der Waals surface area (Å²) in [6.07, 6.45) is 3.87. The topological polar surface area (TPSA) is 86.7 Å². The van der Waals surface area contributed by atoms with Crippen LogP contribution in [0.5, 0.6) is 0 Å². The summed E-state index contributed by atoms with van der Waals surface area (Å²) in [6.45, 7) is 2.20. The highest BCUT2D eigenvalue weighted by molar-refractivity contribution is 7.89. The van der Waals surface area contributed by atoms with Gasteiger partial charge in [-0.15, -0.1) is 0 Å². The highest BCUT2D eigenvalue weighted by atomic mass is 32.2. The van der Waals surface area contributed by atoms with Crippen LogP contribution in [0.2, 0.25) is 0 Å². The smallest absolute Gasteiger partial charge is 0.240 e. The van der Waals surface area contributed by atoms with E-state index in [4.69, 9.17) is 0 Å². The summed E-state index contributed by atoms with van der Waals surface area (Å²) in [5, 5.41) is 9.53. The number of rotatable bonds is 3. The molecule has 1 aliphatic carbocycles. The molecular weight excluding hydrogens is 328 g/mol. The van der Waals surface area contributed by atoms with Gasteiger partial charge in [0.2, 0.25) is 15.9 Å². The Morgan fingerprint density at radius 3 is 2.62 bits per heavy atom. The number of aliphatic hydroxyl groups excluding tert-OH is 1. The van der Waals surface area contributed by atoms with E-state index in [1.165, 1.54) is 6.92 Å². The van der Waals surface area contributed by atoms with Gasteiger partial charge in [0.15, 0.2) is 0 Å². The molecule has 0 saturated heterocycles. The number of carbonyl (C=O) groups excluding carboxylic acids is 1. The maximum atomic E-state index is 12.6. The second-order valence-corrected chi connectivity index (χ2v) is 8.41. The van der Waals surface area contributed by atoms with Crippen molar-refractivity contribution < 1.29 is 18.3 Å². The standard InChI is InChI=1S/C17H24N2O4S/c1-12(20)19-10-2-3-13-11-16(8-9-17(13)19)24(22,23)18-14-4-6-15(21)7-5-14/h8-9,11,14-15,18,21H,2-7,10H2,1H3. The molecule has 1 amide bonds. The Morgan fingerprint density at radius 2 is 1.96 bits per heavy atom. The molecule has 1 saturated carbocycles. The third-order valence-electron chi connectivity index (χ3n) is 4.88. The van der Waals surface area contributed by atoms with Crippen LogP contribution in [0.3, 0.4) is 0 Å². The molecule has 0 unspecified atom stereocenters. The van der Waals surface area contributed by atoms with Gasteiger partial charge in [-0.2, -0.15) is 0 Å². The second-order valence-electron chi connectivity index (χ2n) is 6.69. The predicted octanol–water partition coefficient (Wildman–Crippen LogP) is 1.57. The van der Waals surface area contributed by atoms with Crippen LogP contribution in [0.1, 0.15) is 44.6 Å². The van der Waals surface area contributed by atoms with E-state index in [9.17, 15) is 18.3 Å². The minimum atomic E-state index is -3.58. The molecule has 0 atom stereocenters. The van der Waals surface area contributed by atoms with Gasteiger partial charge < -0.3 is 10.0 Å². The fraction of sp³-hybridized carbons (Fsp3) is 0.588. The van der Waals surface area contributed by atoms with E-state index >= 15 is 0 Å². The van der Waals surface area contributed by atoms with Crippen LogP contribution < -0.4 is 9.62 Å². The van der Waals surface area contributed by atoms with Crippen molar-refractivity contribution in [3.8, 4) is 0 Å². The first-order valence-electron chi connectivity index (χ1n) is 8.48. The summed E-state index contributed by atoms with van der Waals surface area (Å²) >= 11 is 0. The molecule has 1 aromatic carbocycles. The number of fused-ring (bicyclic) bond motifs is 1. The molecule has 6 nitrogen and oxygen atoms in total. The van der Waals surface area contributed by atoms with Crippen molar-refractivity contribution in [2.24, 2.45) is 0 Å². The fourth-order valence-electron chi connectivity index (χ4n) is 3.55. The SMILES string of the molecule is CC(=O)N1CCCc2cc(S(=O)(=O)NC3CCC(O)CC3)ccc21. The third-order valence-corrected chi connectivity index (χ3v) is 6.40. The minimum absolute atomic E-state index is 0.0227. The van der Waals surface area contributed by atoms with Crippen LogP contribution in [0.4, 0.5) is 5.69 Å². The first-order chi connectivity index (χ1) is 11.4. The molecular formula is C17H24N2O4S. The third kappa shape index (κ3) is 3.63. The van der Waals surface area contributed by atoms with Gasteiger partial charge in [0.25, 0.3) is 0 Å². The Bertz CT molecular complexity index is 724. The molecule has 3 rings (SSSR count). The van der Waals surface area contributed by atoms with Crippen LogP contribution in [0.25, 0.3) is 0 Å². The van der Waals surface area contributed by atoms with E-state index in [1.807, 2.05) is 0 Å². The van der Waals surface area contributed by atoms with Gasteiger partial charge in [-0.3, -0.25) is 4.79 Å². The first-order valence-corrected chi connectivity index (χ1v) is 9.96. The summed E-state index contributed by atoms with van der Waals surface area (Å²) in [6, 6.07) is 4.86. The number of hydrogen-bond donors (Lipinski definition) is 2. The molecule has 24 heavy (non-hydrogen) atoms. The molecule has 2 aliphatic rings. The van der Waals surface area contributed by atoms with Crippen molar-refractivity contribution in [2.45, 2.75) is 62.5 Å². The predicted molar refractivity (Wildman–Crippen MR) is 91.4 cm³/mol. The molecule has 1 aliphatic heterocycles. The molecule has 0 radical (unpaired) electrons. The summed E-state index contributed by atoms with van der Waals surface area (Å²) in [4.78, 5) is 13.7. The Labute approximate surface area is 142 Å². The first kappa shape index (κ1) is 17.4. The summed E-state index contributed by atoms with van der Waals surface area (Å²) < 4.78 is 28.0. The van der Waals surface area contributed by atoms with E-state index in [-0.39, 0.29) is 22.9 Å². The monoisotopic (exact) mass is 352 g/mol. The molecule has 132 valence electrons. The fourth-order valence-corrected chi connectivity index (χ4v) is 4.90. The molecule has 2 N–H and O–H groups in total. The summed E-state index contributed by atoms with van der Waals surface area (Å²) in [7, 11) is -3.58. The van der Waals surface area contributed by atoms with E-state index in [0.29, 0.717) is 32.2 Å². The Balaban J connectivity index is 1.80. The average Bonchev–Trinajstić information content (AvgIpc) is 2.55. The number of carbonyl (C=O) groups is 1. The second kappa shape index (κ2) is 6.82. The van der Waals surface area contributed by atoms with Gasteiger partial charge in [-0.05, 0) is 62.3 Å². The van der Waals surface area contributed by atoms with Crippen LogP contribution in [-0.2, 0) is 21.2 Å². The maximum Gasteiger partial charge on any atom is 0.240 e. The quantitative estimate of drug-likeness (QED) is 0.864. The maximum absolute atomic E-state index is 12.6. The van der Waals surface area contributed by atoms with Crippen molar-refractivity contribution in [2.75, 3.05) is 11.4 Å². The van der Waals surface area contributed by atoms with Gasteiger partial charge in [0.05, 0.1) is 11.0 Å². The number of amides is 1. The van der Waals surface area contributed by atoms with Crippen molar-refractivity contribution in [1.82, 2.24) is 4.72 Å². The van der Waals surface area contributed by atoms with E-state index in [2.05, 4.69) is 4.72 Å². The van der Waals surface area contributed by atoms with Crippen LogP contribution in [0, 0.1) is 0 Å². The average molecular weight is 352 g/mol. The Morgan fingerprint density at radius 1 is 1.25 bits per heavy atom. The van der Waals surface area contributed by atoms with Gasteiger partial charge in [0, 0.05) is 25.2 Å². The molecule has 7 heteroatoms. The lowest BCUT2D eigenvalue weighted by Gasteiger charge is -2.29. The molecule has 0 bridgehead atoms. The lowest BCUT2D eigenvalue weighted by Crippen LogP contribution is -2.38. The zero-order valence-electron chi connectivity index (χ0n) is 13.9. The van der Waals surface area contributed by atoms with Gasteiger partial charge in [-0.25, -0.2) is 13.1 Å². The van der Waals surface area contributed by atoms with Gasteiger partial charge >= 0.3 is 0 Å². The van der Waals surface area contributed by atoms with Crippen LogP contribution in [0.15, 0.2) is 23.1 Å². The lowest BCUT2D eigenvalue weighted by molar-refractivity contribution is -0.116. The Kier molecular flexibility index (Phi) is 4.94. The summed E-state index contributed by atoms with van der Waals surface area (Å²) in [5.41, 5.74) is 1.71. The van der Waals surface area contributed by atoms with E-state index in [1.54, 1.807) is 23.1 Å². The number of benzene rings is 1. The van der Waals surface area contributed by atoms with E-state index in [0.717, 1.165) is 24.1 Å². The highest BCUT2D eigenvalue weighted by Crippen LogP contribution is 2.30. The number of hydrogen-bond acceptors (Lipinski definition) is 4. The molecule has 1 heterocycles. The summed E-state index contributed by atoms with van der Waals surface area (Å²) in [5.74, 6) is -0.0227. The lowest BCUT2D eigenvalue weighted by atomic mass is 9.94. The van der Waals surface area contributed by atoms with Gasteiger partial charge in [-0.1, -0.05) is 0 Å². The number of aliphatic hydroxyl groups is 1. The molecule has 1 aromatic rings. The zero-order valence-corrected chi connectivity index (χ0v) is 14.7. The normalized spacial score (nSPS) is 24.5. The number of nitrogens with zero attached hydrogens (tertiary/aromatic N) is 1. The van der Waals surface area contributed by atoms with Crippen molar-refractivity contribution in [3.63, 3.8) is 0 Å². The number of nitrogens with one attached hydrogen (secondary N) is 1. The van der Waals surface area contributed by atoms with Crippen LogP contribution >= 0.6 is 0 Å². The van der Waals surface area contributed by atoms with Crippen molar-refractivity contribution in [1.29, 1.82) is 0 Å². The van der Waals surface area contributed by atoms with Gasteiger partial charge in [0.1, 0.15) is 0 Å². The zero-order chi connectivity index (χ0) is 17.3. The molecule has 1 fully saturated rings. The number of aryl methyl sites for hydroxylation is 1. The molecule has 0 spiro atoms. The molecule has 0 aromatic heterocycles. The largest absolute Gasteiger partial charge is 0.393 e. The number of anilines is 1. The number of sulfonamides is 1. The van der Waals surface area contributed by atoms with E-state index < -0.39 is 10.0 Å². The van der Waals surface area contributed by atoms with Crippen LogP contribution in [-0.4, -0.2) is 38.1 Å². The highest BCUT2D eigenvalue weighted by Gasteiger charge is 2.27. The minimum Gasteiger partial charge on any atom is -0.393 e. The Hall–Kier alpha value is -1.44. The van der Waals surface area contributed by atoms with Crippen molar-refractivity contribution in [3.05, 3.63) is 23.8 Å².